The number of benzene rings is 2. The molecule has 1 saturated carbocycles. The molecule has 1 amide bonds. The molecule has 2 aromatic carbocycles. The van der Waals surface area contributed by atoms with E-state index in [-0.39, 0.29) is 11.5 Å². The van der Waals surface area contributed by atoms with Crippen molar-refractivity contribution in [2.24, 2.45) is 22.1 Å². The molecule has 210 valence electrons. The van der Waals surface area contributed by atoms with Crippen LogP contribution >= 0.6 is 11.6 Å². The molecule has 0 N–H and O–H groups in total. The van der Waals surface area contributed by atoms with Crippen LogP contribution in [0.25, 0.3) is 0 Å². The Balaban J connectivity index is 1.61. The maximum Gasteiger partial charge on any atom is 0.284 e. The third-order valence-electron chi connectivity index (χ3n) is 8.68. The summed E-state index contributed by atoms with van der Waals surface area (Å²) in [6.07, 6.45) is 8.90. The van der Waals surface area contributed by atoms with Gasteiger partial charge in [-0.25, -0.2) is 0 Å². The van der Waals surface area contributed by atoms with Gasteiger partial charge in [-0.1, -0.05) is 43.7 Å². The summed E-state index contributed by atoms with van der Waals surface area (Å²) in [5.74, 6) is 1.55. The van der Waals surface area contributed by atoms with E-state index in [0.717, 1.165) is 55.1 Å². The topological polar surface area (TPSA) is 68.2 Å². The van der Waals surface area contributed by atoms with E-state index in [1.54, 1.807) is 13.2 Å². The van der Waals surface area contributed by atoms with Gasteiger partial charge in [0, 0.05) is 47.1 Å². The molecule has 0 radical (unpaired) electrons. The number of aryl methyl sites for hydroxylation is 1. The van der Waals surface area contributed by atoms with Gasteiger partial charge in [-0.3, -0.25) is 9.00 Å². The minimum Gasteiger partial charge on any atom is -0.491 e. The zero-order valence-electron chi connectivity index (χ0n) is 23.1. The number of allylic oxidation sites excluding steroid dienone is 1. The van der Waals surface area contributed by atoms with Crippen molar-refractivity contribution in [3.05, 3.63) is 70.3 Å². The number of thiol groups is 1. The highest BCUT2D eigenvalue weighted by atomic mass is 35.5. The number of fused-ring (bicyclic) bond motifs is 6. The number of hydrogen-bond acceptors (Lipinski definition) is 5. The molecule has 1 fully saturated rings. The van der Waals surface area contributed by atoms with E-state index in [1.165, 1.54) is 11.1 Å². The van der Waals surface area contributed by atoms with E-state index in [4.69, 9.17) is 21.1 Å². The number of halogens is 1. The molecular formula is C31H39ClN2O4S. The molecule has 6 rings (SSSR count). The Morgan fingerprint density at radius 1 is 1.15 bits per heavy atom. The van der Waals surface area contributed by atoms with Gasteiger partial charge in [-0.05, 0) is 91.3 Å². The molecule has 4 bridgehead atoms. The zero-order valence-corrected chi connectivity index (χ0v) is 24.7. The highest BCUT2D eigenvalue weighted by molar-refractivity contribution is 7.75. The first-order valence-electron chi connectivity index (χ1n) is 14.0. The Labute approximate surface area is 238 Å². The minimum atomic E-state index is -2.00. The predicted molar refractivity (Wildman–Crippen MR) is 158 cm³/mol. The summed E-state index contributed by atoms with van der Waals surface area (Å²) in [4.78, 5) is 15.5. The fraction of sp³-hybridized carbons (Fsp3) is 0.516. The number of rotatable bonds is 1. The van der Waals surface area contributed by atoms with E-state index in [2.05, 4.69) is 40.5 Å². The molecule has 2 aromatic rings. The van der Waals surface area contributed by atoms with Crippen LogP contribution in [-0.4, -0.2) is 41.7 Å². The van der Waals surface area contributed by atoms with Gasteiger partial charge in [0.2, 0.25) is 0 Å². The van der Waals surface area contributed by atoms with E-state index < -0.39 is 16.5 Å². The van der Waals surface area contributed by atoms with E-state index in [0.29, 0.717) is 36.3 Å². The van der Waals surface area contributed by atoms with Crippen molar-refractivity contribution in [2.75, 3.05) is 30.9 Å². The Morgan fingerprint density at radius 3 is 2.79 bits per heavy atom. The van der Waals surface area contributed by atoms with Crippen LogP contribution in [-0.2, 0) is 28.3 Å². The second-order valence-corrected chi connectivity index (χ2v) is 13.1. The van der Waals surface area contributed by atoms with Crippen molar-refractivity contribution in [1.82, 2.24) is 0 Å². The highest BCUT2D eigenvalue weighted by Crippen LogP contribution is 2.49. The molecule has 5 atom stereocenters. The average molecular weight is 571 g/mol. The summed E-state index contributed by atoms with van der Waals surface area (Å²) < 4.78 is 29.2. The maximum atomic E-state index is 13.1. The van der Waals surface area contributed by atoms with Crippen LogP contribution in [0.4, 0.5) is 5.69 Å². The van der Waals surface area contributed by atoms with Crippen molar-refractivity contribution < 1.29 is 18.5 Å². The van der Waals surface area contributed by atoms with Crippen LogP contribution in [0.3, 0.4) is 0 Å². The van der Waals surface area contributed by atoms with Crippen molar-refractivity contribution in [1.29, 1.82) is 0 Å². The lowest BCUT2D eigenvalue weighted by Gasteiger charge is -2.53. The molecule has 4 aliphatic rings. The van der Waals surface area contributed by atoms with Crippen LogP contribution in [0.1, 0.15) is 61.0 Å². The maximum absolute atomic E-state index is 13.1. The van der Waals surface area contributed by atoms with Gasteiger partial charge in [-0.2, -0.15) is 4.36 Å². The van der Waals surface area contributed by atoms with Gasteiger partial charge >= 0.3 is 0 Å². The smallest absolute Gasteiger partial charge is 0.284 e. The lowest BCUT2D eigenvalue weighted by Crippen LogP contribution is -2.56. The molecule has 6 nitrogen and oxygen atoms in total. The number of ether oxygens (including phenoxy) is 2. The summed E-state index contributed by atoms with van der Waals surface area (Å²) in [6, 6.07) is 11.7. The number of anilines is 1. The summed E-state index contributed by atoms with van der Waals surface area (Å²) in [5, 5.41) is 0.746. The molecule has 1 aliphatic carbocycles. The van der Waals surface area contributed by atoms with E-state index >= 15 is 0 Å². The molecule has 8 heteroatoms. The Hall–Kier alpha value is -2.35. The average Bonchev–Trinajstić information content (AvgIpc) is 2.94. The Morgan fingerprint density at radius 2 is 2.00 bits per heavy atom. The van der Waals surface area contributed by atoms with E-state index in [1.807, 2.05) is 25.1 Å². The number of amides is 1. The number of carbonyl (C=O) groups is 1. The van der Waals surface area contributed by atoms with Crippen molar-refractivity contribution >= 4 is 33.8 Å². The zero-order chi connectivity index (χ0) is 27.6. The minimum absolute atomic E-state index is 0.152. The molecule has 0 aromatic heterocycles. The SMILES string of the molecule is CO[C@@]12/C=C/C[C@H](C)C/[SH](=O)=N\C(=O)c3ccc4c(c3)N(Cc3ccc(Cl)cc3CCCCO4)C[C@H](C1)[C@H]2C. The summed E-state index contributed by atoms with van der Waals surface area (Å²) in [6.45, 7) is 6.37. The predicted octanol–water partition coefficient (Wildman–Crippen LogP) is 6.50. The van der Waals surface area contributed by atoms with Crippen molar-refractivity contribution in [3.63, 3.8) is 0 Å². The lowest BCUT2D eigenvalue weighted by molar-refractivity contribution is -0.116. The van der Waals surface area contributed by atoms with Gasteiger partial charge < -0.3 is 14.4 Å². The van der Waals surface area contributed by atoms with Crippen LogP contribution in [0.5, 0.6) is 5.75 Å². The summed E-state index contributed by atoms with van der Waals surface area (Å²) in [7, 11) is -0.203. The number of hydrogen-bond donors (Lipinski definition) is 1. The fourth-order valence-corrected chi connectivity index (χ4v) is 7.45. The van der Waals surface area contributed by atoms with Crippen LogP contribution in [0.15, 0.2) is 52.9 Å². The van der Waals surface area contributed by atoms with E-state index in [9.17, 15) is 9.00 Å². The van der Waals surface area contributed by atoms with Crippen LogP contribution in [0, 0.1) is 17.8 Å². The summed E-state index contributed by atoms with van der Waals surface area (Å²) in [5.41, 5.74) is 3.48. The van der Waals surface area contributed by atoms with Crippen molar-refractivity contribution in [2.45, 2.75) is 58.1 Å². The molecule has 0 spiro atoms. The summed E-state index contributed by atoms with van der Waals surface area (Å²) >= 11 is 6.40. The van der Waals surface area contributed by atoms with Gasteiger partial charge in [0.15, 0.2) is 0 Å². The number of methoxy groups -OCH3 is 1. The first kappa shape index (κ1) is 28.2. The largest absolute Gasteiger partial charge is 0.491 e. The third kappa shape index (κ3) is 6.21. The van der Waals surface area contributed by atoms with Crippen LogP contribution < -0.4 is 9.64 Å². The fourth-order valence-electron chi connectivity index (χ4n) is 6.17. The van der Waals surface area contributed by atoms with Gasteiger partial charge in [0.05, 0.1) is 17.9 Å². The Kier molecular flexibility index (Phi) is 8.69. The highest BCUT2D eigenvalue weighted by Gasteiger charge is 2.50. The molecule has 39 heavy (non-hydrogen) atoms. The van der Waals surface area contributed by atoms with Gasteiger partial charge in [0.25, 0.3) is 5.91 Å². The van der Waals surface area contributed by atoms with Crippen molar-refractivity contribution in [3.8, 4) is 5.75 Å². The quantitative estimate of drug-likeness (QED) is 0.313. The second-order valence-electron chi connectivity index (χ2n) is 11.4. The number of carbonyl (C=O) groups excluding carboxylic acids is 1. The lowest BCUT2D eigenvalue weighted by atomic mass is 9.61. The third-order valence-corrected chi connectivity index (χ3v) is 10.3. The van der Waals surface area contributed by atoms with Gasteiger partial charge in [-0.15, -0.1) is 0 Å². The first-order valence-corrected chi connectivity index (χ1v) is 15.8. The standard InChI is InChI=1S/C31H39ClN2O4S/c1-21-7-6-13-31(37-3)17-26(22(31)2)19-34-18-25-9-11-27(32)15-23(25)8-4-5-14-38-29-12-10-24(16-28(29)34)30(35)33-39(36)20-21/h6,9-13,15-16,21-22,26,39H,4-5,7-8,14,17-20H2,1-3H3/b13-6+/t21-,22+,26-,31-/m0/s1. The molecule has 0 saturated heterocycles. The number of nitrogens with zero attached hydrogens (tertiary/aromatic N) is 2. The second kappa shape index (κ2) is 12.0. The first-order chi connectivity index (χ1) is 18.8. The molecule has 1 unspecified atom stereocenters. The van der Waals surface area contributed by atoms with Crippen LogP contribution in [0.2, 0.25) is 5.02 Å². The Bertz CT molecular complexity index is 1340. The van der Waals surface area contributed by atoms with Gasteiger partial charge in [0.1, 0.15) is 5.75 Å². The molecule has 3 heterocycles. The molecular weight excluding hydrogens is 532 g/mol. The monoisotopic (exact) mass is 570 g/mol. The molecule has 3 aliphatic heterocycles. The normalized spacial score (nSPS) is 31.0.